The largest absolute Gasteiger partial charge is 0.503 e. The molecule has 2 N–H and O–H groups in total. The van der Waals surface area contributed by atoms with Gasteiger partial charge in [-0.1, -0.05) is 0 Å². The van der Waals surface area contributed by atoms with E-state index in [1.165, 1.54) is 0 Å². The van der Waals surface area contributed by atoms with E-state index in [9.17, 15) is 0 Å². The Bertz CT molecular complexity index is 35.9. The minimum atomic E-state index is -1.83. The Kier molecular flexibility index (Phi) is 56.5. The van der Waals surface area contributed by atoms with E-state index in [4.69, 9.17) is 15.0 Å². The monoisotopic (exact) mass is 226 g/mol. The molecule has 0 aromatic rings. The molecule has 0 aliphatic heterocycles. The number of carboxylic acid groups (broad SMARTS) is 2. The zero-order valence-electron chi connectivity index (χ0n) is 3.63. The molecule has 0 heterocycles. The first-order chi connectivity index (χ1) is 1.73. The van der Waals surface area contributed by atoms with Crippen molar-refractivity contribution in [3.63, 3.8) is 0 Å². The van der Waals surface area contributed by atoms with Gasteiger partial charge in [0.25, 0.3) is 0 Å². The summed E-state index contributed by atoms with van der Waals surface area (Å²) in [5.41, 5.74) is 0. The smallest absolute Gasteiger partial charge is 0.450 e. The fourth-order valence-corrected chi connectivity index (χ4v) is 0. The van der Waals surface area contributed by atoms with Gasteiger partial charge in [-0.25, -0.2) is 4.79 Å². The van der Waals surface area contributed by atoms with Gasteiger partial charge in [0.05, 0.1) is 0 Å². The van der Waals surface area contributed by atoms with Crippen molar-refractivity contribution in [2.45, 2.75) is 0 Å². The van der Waals surface area contributed by atoms with Crippen molar-refractivity contribution < 1.29 is 54.0 Å². The van der Waals surface area contributed by atoms with E-state index in [2.05, 4.69) is 0 Å². The molecular formula is CH3ClO3Zn2. The van der Waals surface area contributed by atoms with Gasteiger partial charge in [0, 0.05) is 39.0 Å². The summed E-state index contributed by atoms with van der Waals surface area (Å²) in [5, 5.41) is 13.9. The Morgan fingerprint density at radius 3 is 1.14 bits per heavy atom. The maximum atomic E-state index is 8.56. The summed E-state index contributed by atoms with van der Waals surface area (Å²) in [4.78, 5) is 8.56. The van der Waals surface area contributed by atoms with Crippen LogP contribution in [-0.2, 0) is 39.0 Å². The van der Waals surface area contributed by atoms with Crippen LogP contribution in [0.4, 0.5) is 4.79 Å². The Balaban J connectivity index is -0.0000000150. The molecule has 0 bridgehead atoms. The van der Waals surface area contributed by atoms with Crippen molar-refractivity contribution in [3.8, 4) is 0 Å². The first kappa shape index (κ1) is 25.0. The average molecular weight is 229 g/mol. The fraction of sp³-hybridized carbons (Fsp3) is 0. The van der Waals surface area contributed by atoms with E-state index in [0.29, 0.717) is 0 Å². The molecule has 0 atom stereocenters. The third-order valence-electron chi connectivity index (χ3n) is 0. The number of rotatable bonds is 0. The van der Waals surface area contributed by atoms with Crippen LogP contribution in [-0.4, -0.2) is 16.4 Å². The summed E-state index contributed by atoms with van der Waals surface area (Å²) in [7, 11) is 0. The molecule has 0 spiro atoms. The van der Waals surface area contributed by atoms with Gasteiger partial charge >= 0.3 is 6.16 Å². The van der Waals surface area contributed by atoms with Gasteiger partial charge in [0.2, 0.25) is 0 Å². The summed E-state index contributed by atoms with van der Waals surface area (Å²) in [6.07, 6.45) is -1.83. The molecule has 0 unspecified atom stereocenters. The molecule has 0 aromatic carbocycles. The quantitative estimate of drug-likeness (QED) is 0.599. The minimum Gasteiger partial charge on any atom is -0.450 e. The summed E-state index contributed by atoms with van der Waals surface area (Å²) in [6.45, 7) is 0. The molecule has 7 heavy (non-hydrogen) atoms. The Hall–Kier alpha value is 0.807. The summed E-state index contributed by atoms with van der Waals surface area (Å²) in [6, 6.07) is 0. The van der Waals surface area contributed by atoms with Gasteiger partial charge < -0.3 is 10.2 Å². The van der Waals surface area contributed by atoms with E-state index in [1.807, 2.05) is 0 Å². The molecule has 0 aliphatic rings. The van der Waals surface area contributed by atoms with Crippen LogP contribution in [0.1, 0.15) is 0 Å². The molecule has 0 saturated carbocycles. The van der Waals surface area contributed by atoms with Gasteiger partial charge in [0.15, 0.2) is 0 Å². The van der Waals surface area contributed by atoms with Crippen molar-refractivity contribution in [2.24, 2.45) is 0 Å². The second kappa shape index (κ2) is 15.8. The molecule has 0 saturated heterocycles. The molecule has 0 radical (unpaired) electrons. The topological polar surface area (TPSA) is 57.5 Å². The third kappa shape index (κ3) is 242. The molecule has 0 aliphatic carbocycles. The van der Waals surface area contributed by atoms with E-state index in [0.717, 1.165) is 0 Å². The predicted octanol–water partition coefficient (Wildman–Crippen LogP) is 0.639. The summed E-state index contributed by atoms with van der Waals surface area (Å²) in [5.74, 6) is 0. The van der Waals surface area contributed by atoms with E-state index in [1.54, 1.807) is 0 Å². The molecule has 0 amide bonds. The third-order valence-corrected chi connectivity index (χ3v) is 0. The van der Waals surface area contributed by atoms with E-state index in [-0.39, 0.29) is 51.4 Å². The summed E-state index contributed by atoms with van der Waals surface area (Å²) >= 11 is 0. The Morgan fingerprint density at radius 2 is 1.14 bits per heavy atom. The SMILES string of the molecule is Cl.O=C(O)O.[Zn].[Zn]. The molecular weight excluding hydrogens is 226 g/mol. The van der Waals surface area contributed by atoms with E-state index >= 15 is 0 Å². The zero-order valence-corrected chi connectivity index (χ0v) is 10.4. The second-order valence-corrected chi connectivity index (χ2v) is 0.283. The molecule has 0 aromatic heterocycles. The van der Waals surface area contributed by atoms with Gasteiger partial charge in [-0.05, 0) is 0 Å². The van der Waals surface area contributed by atoms with Crippen LogP contribution in [0.2, 0.25) is 0 Å². The van der Waals surface area contributed by atoms with Crippen LogP contribution in [0, 0.1) is 0 Å². The fourth-order valence-electron chi connectivity index (χ4n) is 0. The number of hydrogen-bond acceptors (Lipinski definition) is 1. The second-order valence-electron chi connectivity index (χ2n) is 0.283. The maximum absolute atomic E-state index is 8.56. The van der Waals surface area contributed by atoms with Crippen LogP contribution in [0.15, 0.2) is 0 Å². The number of carbonyl (C=O) groups is 1. The first-order valence-corrected chi connectivity index (χ1v) is 0.651. The number of hydrogen-bond donors (Lipinski definition) is 2. The van der Waals surface area contributed by atoms with Crippen LogP contribution in [0.5, 0.6) is 0 Å². The minimum absolute atomic E-state index is 0. The van der Waals surface area contributed by atoms with Gasteiger partial charge in [-0.3, -0.25) is 0 Å². The van der Waals surface area contributed by atoms with Crippen molar-refractivity contribution in [2.75, 3.05) is 0 Å². The molecule has 0 fully saturated rings. The Labute approximate surface area is 72.4 Å². The van der Waals surface area contributed by atoms with Crippen molar-refractivity contribution in [1.29, 1.82) is 0 Å². The Morgan fingerprint density at radius 1 is 1.14 bits per heavy atom. The van der Waals surface area contributed by atoms with Gasteiger partial charge in [-0.15, -0.1) is 12.4 Å². The van der Waals surface area contributed by atoms with Crippen molar-refractivity contribution >= 4 is 18.6 Å². The maximum Gasteiger partial charge on any atom is 0.503 e. The van der Waals surface area contributed by atoms with Crippen LogP contribution in [0.3, 0.4) is 0 Å². The molecule has 3 nitrogen and oxygen atoms in total. The van der Waals surface area contributed by atoms with Crippen LogP contribution in [0.25, 0.3) is 0 Å². The summed E-state index contributed by atoms with van der Waals surface area (Å²) < 4.78 is 0. The predicted molar refractivity (Wildman–Crippen MR) is 17.9 cm³/mol. The van der Waals surface area contributed by atoms with Crippen LogP contribution >= 0.6 is 12.4 Å². The van der Waals surface area contributed by atoms with Gasteiger partial charge in [-0.2, -0.15) is 0 Å². The van der Waals surface area contributed by atoms with Crippen molar-refractivity contribution in [3.05, 3.63) is 0 Å². The average Bonchev–Trinajstić information content (AvgIpc) is 0.811. The molecule has 6 heteroatoms. The zero-order chi connectivity index (χ0) is 3.58. The first-order valence-electron chi connectivity index (χ1n) is 0.651. The van der Waals surface area contributed by atoms with E-state index < -0.39 is 6.16 Å². The van der Waals surface area contributed by atoms with Crippen LogP contribution < -0.4 is 0 Å². The molecule has 0 rings (SSSR count). The van der Waals surface area contributed by atoms with Crippen molar-refractivity contribution in [1.82, 2.24) is 0 Å². The normalized spacial score (nSPS) is 3.43. The molecule has 36 valence electrons. The standard InChI is InChI=1S/CH2O3.ClH.2Zn/c2-1(3)4;;;/h(H2,2,3,4);1H;;. The number of halogens is 1. The van der Waals surface area contributed by atoms with Gasteiger partial charge in [0.1, 0.15) is 0 Å².